The van der Waals surface area contributed by atoms with Crippen molar-refractivity contribution in [2.24, 2.45) is 0 Å². The second kappa shape index (κ2) is 3.12. The van der Waals surface area contributed by atoms with E-state index in [4.69, 9.17) is 0 Å². The summed E-state index contributed by atoms with van der Waals surface area (Å²) in [5.41, 5.74) is 1.10. The van der Waals surface area contributed by atoms with Crippen molar-refractivity contribution in [3.05, 3.63) is 24.0 Å². The van der Waals surface area contributed by atoms with Crippen LogP contribution in [0.2, 0.25) is 0 Å². The van der Waals surface area contributed by atoms with E-state index in [-0.39, 0.29) is 7.92 Å². The number of aromatic nitrogens is 1. The van der Waals surface area contributed by atoms with Gasteiger partial charge in [0.1, 0.15) is 0 Å². The van der Waals surface area contributed by atoms with Gasteiger partial charge >= 0.3 is 0 Å². The summed E-state index contributed by atoms with van der Waals surface area (Å²) in [7, 11) is 0.0295. The van der Waals surface area contributed by atoms with E-state index >= 15 is 0 Å². The standard InChI is InChI=1S/C8H12NP/c1-7-4-5-8(6-9-7)10(2)3/h4-6H,1-3H3. The summed E-state index contributed by atoms with van der Waals surface area (Å²) >= 11 is 0. The zero-order valence-electron chi connectivity index (χ0n) is 6.63. The maximum absolute atomic E-state index is 4.22. The monoisotopic (exact) mass is 153 g/mol. The van der Waals surface area contributed by atoms with Crippen molar-refractivity contribution < 1.29 is 0 Å². The van der Waals surface area contributed by atoms with E-state index in [1.165, 1.54) is 5.30 Å². The molecule has 54 valence electrons. The van der Waals surface area contributed by atoms with Gasteiger partial charge in [0.2, 0.25) is 0 Å². The van der Waals surface area contributed by atoms with Gasteiger partial charge in [-0.25, -0.2) is 0 Å². The number of rotatable bonds is 1. The normalized spacial score (nSPS) is 10.4. The van der Waals surface area contributed by atoms with Gasteiger partial charge in [-0.3, -0.25) is 4.98 Å². The summed E-state index contributed by atoms with van der Waals surface area (Å²) in [5.74, 6) is 0. The lowest BCUT2D eigenvalue weighted by Crippen LogP contribution is -1.99. The summed E-state index contributed by atoms with van der Waals surface area (Å²) in [6.07, 6.45) is 1.97. The first-order chi connectivity index (χ1) is 4.70. The van der Waals surface area contributed by atoms with E-state index in [0.29, 0.717) is 0 Å². The van der Waals surface area contributed by atoms with Crippen LogP contribution < -0.4 is 5.30 Å². The molecule has 0 aliphatic carbocycles. The highest BCUT2D eigenvalue weighted by Crippen LogP contribution is 2.21. The Bertz CT molecular complexity index is 203. The Balaban J connectivity index is 2.89. The molecule has 1 heterocycles. The Labute approximate surface area is 63.2 Å². The van der Waals surface area contributed by atoms with Crippen LogP contribution in [-0.2, 0) is 0 Å². The number of nitrogens with zero attached hydrogens (tertiary/aromatic N) is 1. The molecular weight excluding hydrogens is 141 g/mol. The van der Waals surface area contributed by atoms with E-state index in [9.17, 15) is 0 Å². The van der Waals surface area contributed by atoms with Crippen molar-refractivity contribution in [3.8, 4) is 0 Å². The summed E-state index contributed by atoms with van der Waals surface area (Å²) in [6.45, 7) is 6.49. The predicted octanol–water partition coefficient (Wildman–Crippen LogP) is 1.76. The highest BCUT2D eigenvalue weighted by atomic mass is 31.1. The van der Waals surface area contributed by atoms with E-state index in [1.54, 1.807) is 0 Å². The molecule has 0 aromatic carbocycles. The molecule has 0 unspecified atom stereocenters. The number of hydrogen-bond acceptors (Lipinski definition) is 1. The highest BCUT2D eigenvalue weighted by molar-refractivity contribution is 7.64. The summed E-state index contributed by atoms with van der Waals surface area (Å²) < 4.78 is 0. The molecule has 0 N–H and O–H groups in total. The molecule has 0 fully saturated rings. The average molecular weight is 153 g/mol. The molecule has 10 heavy (non-hydrogen) atoms. The molecule has 1 aromatic heterocycles. The van der Waals surface area contributed by atoms with Gasteiger partial charge in [0.25, 0.3) is 0 Å². The van der Waals surface area contributed by atoms with Gasteiger partial charge in [-0.05, 0) is 31.6 Å². The minimum Gasteiger partial charge on any atom is -0.261 e. The van der Waals surface area contributed by atoms with Gasteiger partial charge < -0.3 is 0 Å². The molecule has 0 atom stereocenters. The minimum atomic E-state index is 0.0295. The molecule has 0 aliphatic rings. The first-order valence-corrected chi connectivity index (χ1v) is 5.54. The third kappa shape index (κ3) is 1.78. The molecular formula is C8H12NP. The first-order valence-electron chi connectivity index (χ1n) is 3.30. The Morgan fingerprint density at radius 3 is 2.40 bits per heavy atom. The molecule has 0 amide bonds. The molecule has 0 saturated heterocycles. The predicted molar refractivity (Wildman–Crippen MR) is 47.4 cm³/mol. The van der Waals surface area contributed by atoms with Crippen LogP contribution in [-0.4, -0.2) is 18.3 Å². The second-order valence-corrected chi connectivity index (χ2v) is 4.86. The third-order valence-corrected chi connectivity index (χ3v) is 2.71. The Hall–Kier alpha value is -0.420. The van der Waals surface area contributed by atoms with Crippen LogP contribution in [0.3, 0.4) is 0 Å². The van der Waals surface area contributed by atoms with Gasteiger partial charge in [-0.2, -0.15) is 0 Å². The third-order valence-electron chi connectivity index (χ3n) is 1.41. The van der Waals surface area contributed by atoms with Crippen LogP contribution in [0.1, 0.15) is 5.69 Å². The Morgan fingerprint density at radius 2 is 2.00 bits per heavy atom. The quantitative estimate of drug-likeness (QED) is 0.560. The summed E-state index contributed by atoms with van der Waals surface area (Å²) in [5, 5.41) is 1.38. The Morgan fingerprint density at radius 1 is 1.30 bits per heavy atom. The van der Waals surface area contributed by atoms with Crippen LogP contribution >= 0.6 is 7.92 Å². The molecule has 1 nitrogen and oxygen atoms in total. The lowest BCUT2D eigenvalue weighted by atomic mass is 10.4. The molecule has 1 rings (SSSR count). The smallest absolute Gasteiger partial charge is 0.0373 e. The second-order valence-electron chi connectivity index (χ2n) is 2.55. The van der Waals surface area contributed by atoms with Crippen LogP contribution in [0.25, 0.3) is 0 Å². The molecule has 0 spiro atoms. The lowest BCUT2D eigenvalue weighted by molar-refractivity contribution is 1.21. The first kappa shape index (κ1) is 7.68. The maximum atomic E-state index is 4.22. The largest absolute Gasteiger partial charge is 0.261 e. The van der Waals surface area contributed by atoms with E-state index in [2.05, 4.69) is 30.4 Å². The fourth-order valence-corrected chi connectivity index (χ4v) is 1.39. The van der Waals surface area contributed by atoms with Gasteiger partial charge in [-0.1, -0.05) is 14.0 Å². The van der Waals surface area contributed by atoms with Crippen LogP contribution in [0, 0.1) is 6.92 Å². The van der Waals surface area contributed by atoms with Crippen LogP contribution in [0.15, 0.2) is 18.3 Å². The van der Waals surface area contributed by atoms with E-state index < -0.39 is 0 Å². The van der Waals surface area contributed by atoms with E-state index in [0.717, 1.165) is 5.69 Å². The van der Waals surface area contributed by atoms with Gasteiger partial charge in [0.05, 0.1) is 0 Å². The van der Waals surface area contributed by atoms with Crippen molar-refractivity contribution in [1.29, 1.82) is 0 Å². The molecule has 0 saturated carbocycles. The van der Waals surface area contributed by atoms with Gasteiger partial charge in [-0.15, -0.1) is 0 Å². The topological polar surface area (TPSA) is 12.9 Å². The Kier molecular flexibility index (Phi) is 2.39. The average Bonchev–Trinajstić information content (AvgIpc) is 1.88. The zero-order chi connectivity index (χ0) is 7.56. The molecule has 0 bridgehead atoms. The van der Waals surface area contributed by atoms with Crippen LogP contribution in [0.4, 0.5) is 0 Å². The van der Waals surface area contributed by atoms with Crippen molar-refractivity contribution in [2.75, 3.05) is 13.3 Å². The van der Waals surface area contributed by atoms with Crippen molar-refractivity contribution in [1.82, 2.24) is 4.98 Å². The van der Waals surface area contributed by atoms with Crippen molar-refractivity contribution >= 4 is 13.2 Å². The van der Waals surface area contributed by atoms with E-state index in [1.807, 2.05) is 13.1 Å². The van der Waals surface area contributed by atoms with Gasteiger partial charge in [0, 0.05) is 11.9 Å². The summed E-state index contributed by atoms with van der Waals surface area (Å²) in [4.78, 5) is 4.22. The fourth-order valence-electron chi connectivity index (χ4n) is 0.725. The SMILES string of the molecule is Cc1ccc(P(C)C)cn1. The van der Waals surface area contributed by atoms with Crippen molar-refractivity contribution in [3.63, 3.8) is 0 Å². The molecule has 2 heteroatoms. The van der Waals surface area contributed by atoms with Crippen molar-refractivity contribution in [2.45, 2.75) is 6.92 Å². The number of hydrogen-bond donors (Lipinski definition) is 0. The maximum Gasteiger partial charge on any atom is 0.0373 e. The molecule has 0 radical (unpaired) electrons. The molecule has 0 aliphatic heterocycles. The van der Waals surface area contributed by atoms with Crippen LogP contribution in [0.5, 0.6) is 0 Å². The number of pyridine rings is 1. The minimum absolute atomic E-state index is 0.0295. The zero-order valence-corrected chi connectivity index (χ0v) is 7.52. The summed E-state index contributed by atoms with van der Waals surface area (Å²) in [6, 6.07) is 4.23. The lowest BCUT2D eigenvalue weighted by Gasteiger charge is -2.03. The fraction of sp³-hybridized carbons (Fsp3) is 0.375. The van der Waals surface area contributed by atoms with Gasteiger partial charge in [0.15, 0.2) is 0 Å². The highest BCUT2D eigenvalue weighted by Gasteiger charge is 1.95. The number of aryl methyl sites for hydroxylation is 1. The molecule has 1 aromatic rings.